The van der Waals surface area contributed by atoms with E-state index in [-0.39, 0.29) is 85.9 Å². The van der Waals surface area contributed by atoms with Gasteiger partial charge in [0, 0.05) is 31.1 Å². The van der Waals surface area contributed by atoms with Crippen LogP contribution < -0.4 is 30.6 Å². The first-order valence-corrected chi connectivity index (χ1v) is 8.99. The minimum Gasteiger partial charge on any atom is -2.00 e. The molecule has 0 bridgehead atoms. The van der Waals surface area contributed by atoms with Crippen molar-refractivity contribution in [3.63, 3.8) is 0 Å². The maximum Gasteiger partial charge on any atom is 0.0675 e. The normalized spacial score (nSPS) is 7.26. The van der Waals surface area contributed by atoms with E-state index >= 15 is 0 Å². The molecule has 0 atom stereocenters. The Labute approximate surface area is 279 Å². The Morgan fingerprint density at radius 1 is 0.302 bits per heavy atom. The molecule has 0 fully saturated rings. The summed E-state index contributed by atoms with van der Waals surface area (Å²) in [6.07, 6.45) is -7.00. The molecule has 0 aliphatic rings. The molecule has 0 amide bonds. The summed E-state index contributed by atoms with van der Waals surface area (Å²) in [5.74, 6) is 0. The summed E-state index contributed by atoms with van der Waals surface area (Å²) in [6, 6.07) is 0. The molecule has 284 valence electrons. The molecule has 23 nitrogen and oxygen atoms in total. The third-order valence-corrected chi connectivity index (χ3v) is 0. The maximum atomic E-state index is 8.33. The number of quaternary nitrogens is 4. The Kier molecular flexibility index (Phi) is 183. The van der Waals surface area contributed by atoms with Crippen LogP contribution in [-0.2, 0) is 11.0 Å². The number of hydrogen-bond acceptors (Lipinski definition) is 9. The quantitative estimate of drug-likeness (QED) is 0.208. The van der Waals surface area contributed by atoms with E-state index < -0.39 is 18.5 Å². The molecule has 0 aliphatic heterocycles. The molecule has 0 heterocycles. The first-order valence-electron chi connectivity index (χ1n) is 8.99. The van der Waals surface area contributed by atoms with Crippen LogP contribution in [0.4, 0.5) is 14.4 Å². The predicted octanol–water partition coefficient (Wildman–Crippen LogP) is -12.9. The largest absolute Gasteiger partial charge is 2.00 e. The number of carboxylic acid groups (broad SMARTS) is 6. The molecule has 0 aromatic rings. The Bertz CT molecular complexity index is 354. The Morgan fingerprint density at radius 2 is 0.302 bits per heavy atom. The van der Waals surface area contributed by atoms with Gasteiger partial charge in [-0.1, -0.05) is 0 Å². The van der Waals surface area contributed by atoms with Crippen LogP contribution >= 0.6 is 0 Å². The van der Waals surface area contributed by atoms with Crippen molar-refractivity contribution >= 4 is 18.5 Å². The molecule has 0 aliphatic carbocycles. The number of carbonyl (C=O) groups excluding carboxylic acids is 3. The van der Waals surface area contributed by atoms with Gasteiger partial charge in [-0.25, -0.2) is 0 Å². The van der Waals surface area contributed by atoms with Crippen molar-refractivity contribution in [3.05, 3.63) is 0 Å². The monoisotopic (exact) mass is 890 g/mol. The third kappa shape index (κ3) is 20500. The number of rotatable bonds is 0. The van der Waals surface area contributed by atoms with Crippen LogP contribution in [0.5, 0.6) is 0 Å². The first-order chi connectivity index (χ1) is 13.2. The van der Waals surface area contributed by atoms with Crippen LogP contribution in [0.1, 0.15) is 0 Å². The fraction of sp³-hybridized carbons (Fsp3) is 0.842. The van der Waals surface area contributed by atoms with Gasteiger partial charge in [0.2, 0.25) is 0 Å². The second-order valence-electron chi connectivity index (χ2n) is 11.5. The SMILES string of the molecule is C[N+](C)(C)C.C[N+](C)(C)C.C[N+](C)(C)C.C[N+](C)(C)C.O.O.O.O.O.O.O.O.O=C([O-])[O-].O=C([O-])[O-].O=C([O-])[O-].[O-2].[O-2].[U]. The van der Waals surface area contributed by atoms with Crippen molar-refractivity contribution in [1.82, 2.24) is 0 Å². The molecule has 0 saturated heterocycles. The minimum absolute atomic E-state index is 0. The average molecular weight is 891 g/mol. The molecule has 0 spiro atoms. The topological polar surface area (TPSA) is 499 Å². The first kappa shape index (κ1) is 124. The van der Waals surface area contributed by atoms with Gasteiger partial charge < -0.3 is 118 Å². The molecule has 43 heavy (non-hydrogen) atoms. The molecule has 0 saturated carbocycles. The van der Waals surface area contributed by atoms with Crippen LogP contribution in [0.25, 0.3) is 0 Å². The molecule has 0 radical (unpaired) electrons. The van der Waals surface area contributed by atoms with Crippen molar-refractivity contribution < 1.29 is 149 Å². The molecule has 16 N–H and O–H groups in total. The summed E-state index contributed by atoms with van der Waals surface area (Å²) in [4.78, 5) is 25.0. The zero-order chi connectivity index (χ0) is 28.7. The summed E-state index contributed by atoms with van der Waals surface area (Å²) in [5, 5.41) is 50.0. The van der Waals surface area contributed by atoms with Gasteiger partial charge in [0.1, 0.15) is 0 Å². The van der Waals surface area contributed by atoms with E-state index in [0.29, 0.717) is 0 Å². The van der Waals surface area contributed by atoms with Gasteiger partial charge in [0.05, 0.1) is 113 Å². The second kappa shape index (κ2) is 63.5. The Morgan fingerprint density at radius 3 is 0.302 bits per heavy atom. The van der Waals surface area contributed by atoms with Gasteiger partial charge >= 0.3 is 0 Å². The summed E-state index contributed by atoms with van der Waals surface area (Å²) in [7, 11) is 34.0. The standard InChI is InChI=1S/4C4H12N.3CH2O3.8H2O.2O.U/c4*1-5(2,3)4;3*2-1(3)4;;;;;;;;;;;/h4*1-4H3;3*(H2,2,3,4);8*1H2;;;/q4*+1;;;;;;;;;;;;2*-2;/p-6. The third-order valence-electron chi connectivity index (χ3n) is 0. The summed E-state index contributed by atoms with van der Waals surface area (Å²) >= 11 is 0. The van der Waals surface area contributed by atoms with Gasteiger partial charge in [0.15, 0.2) is 0 Å². The van der Waals surface area contributed by atoms with Crippen molar-refractivity contribution in [2.75, 3.05) is 113 Å². The molecule has 0 rings (SSSR count). The molecular formula is C19H64N4O19U-6. The Balaban J connectivity index is -0.0000000102. The van der Waals surface area contributed by atoms with Crippen molar-refractivity contribution in [1.29, 1.82) is 0 Å². The van der Waals surface area contributed by atoms with E-state index in [0.717, 1.165) is 17.9 Å². The second-order valence-corrected chi connectivity index (χ2v) is 11.5. The zero-order valence-electron chi connectivity index (χ0n) is 28.3. The van der Waals surface area contributed by atoms with E-state index in [2.05, 4.69) is 113 Å². The van der Waals surface area contributed by atoms with E-state index in [1.807, 2.05) is 0 Å². The minimum atomic E-state index is -2.33. The molecule has 0 aromatic heterocycles. The van der Waals surface area contributed by atoms with Crippen LogP contribution in [0.15, 0.2) is 0 Å². The van der Waals surface area contributed by atoms with Crippen LogP contribution in [-0.4, -0.2) is 193 Å². The van der Waals surface area contributed by atoms with E-state index in [1.54, 1.807) is 0 Å². The zero-order valence-corrected chi connectivity index (χ0v) is 32.4. The van der Waals surface area contributed by atoms with Crippen molar-refractivity contribution in [2.24, 2.45) is 0 Å². The van der Waals surface area contributed by atoms with E-state index in [4.69, 9.17) is 45.0 Å². The maximum absolute atomic E-state index is 8.33. The average Bonchev–Trinajstić information content (AvgIpc) is 2.12. The van der Waals surface area contributed by atoms with Crippen molar-refractivity contribution in [2.45, 2.75) is 0 Å². The molecule has 0 aromatic carbocycles. The molecular weight excluding hydrogens is 826 g/mol. The number of nitrogens with zero attached hydrogens (tertiary/aromatic N) is 4. The van der Waals surface area contributed by atoms with Gasteiger partial charge in [-0.3, -0.25) is 0 Å². The fourth-order valence-corrected chi connectivity index (χ4v) is 0. The molecule has 24 heteroatoms. The molecule has 0 unspecified atom stereocenters. The smallest absolute Gasteiger partial charge is 0.0675 e. The summed E-state index contributed by atoms with van der Waals surface area (Å²) in [5.41, 5.74) is 0. The number of carbonyl (C=O) groups is 3. The van der Waals surface area contributed by atoms with Crippen LogP contribution in [0.3, 0.4) is 0 Å². The van der Waals surface area contributed by atoms with E-state index in [1.165, 1.54) is 0 Å². The van der Waals surface area contributed by atoms with Crippen LogP contribution in [0, 0.1) is 31.1 Å². The number of hydrogen-bond donors (Lipinski definition) is 0. The fourth-order valence-electron chi connectivity index (χ4n) is 0. The Hall–Kier alpha value is -1.70. The van der Waals surface area contributed by atoms with Gasteiger partial charge in [0.25, 0.3) is 0 Å². The summed E-state index contributed by atoms with van der Waals surface area (Å²) in [6.45, 7) is 0. The van der Waals surface area contributed by atoms with E-state index in [9.17, 15) is 0 Å². The van der Waals surface area contributed by atoms with Crippen molar-refractivity contribution in [3.8, 4) is 0 Å². The van der Waals surface area contributed by atoms with Gasteiger partial charge in [-0.15, -0.1) is 0 Å². The summed E-state index contributed by atoms with van der Waals surface area (Å²) < 4.78 is 4.00. The van der Waals surface area contributed by atoms with Gasteiger partial charge in [-0.2, -0.15) is 0 Å². The van der Waals surface area contributed by atoms with Gasteiger partial charge in [-0.05, 0) is 18.5 Å². The predicted molar refractivity (Wildman–Crippen MR) is 142 cm³/mol. The van der Waals surface area contributed by atoms with Crippen LogP contribution in [0.2, 0.25) is 0 Å².